The number of rotatable bonds is 7. The Labute approximate surface area is 162 Å². The number of thioether (sulfide) groups is 1. The SMILES string of the molecule is CSc1ncc(Br)c(C(=O)NCCNNc2c(Cl)cccc2Cl)n1. The predicted molar refractivity (Wildman–Crippen MR) is 102 cm³/mol. The number of nitrogens with one attached hydrogen (secondary N) is 3. The van der Waals surface area contributed by atoms with Crippen LogP contribution in [0.2, 0.25) is 10.0 Å². The summed E-state index contributed by atoms with van der Waals surface area (Å²) < 4.78 is 0.548. The Kier molecular flexibility index (Phi) is 7.57. The zero-order chi connectivity index (χ0) is 17.5. The summed E-state index contributed by atoms with van der Waals surface area (Å²) in [4.78, 5) is 20.4. The van der Waals surface area contributed by atoms with Crippen LogP contribution in [0.25, 0.3) is 0 Å². The van der Waals surface area contributed by atoms with Gasteiger partial charge in [-0.15, -0.1) is 0 Å². The van der Waals surface area contributed by atoms with E-state index in [2.05, 4.69) is 42.1 Å². The van der Waals surface area contributed by atoms with Crippen LogP contribution >= 0.6 is 50.9 Å². The third-order valence-electron chi connectivity index (χ3n) is 2.83. The molecule has 0 saturated carbocycles. The van der Waals surface area contributed by atoms with E-state index >= 15 is 0 Å². The van der Waals surface area contributed by atoms with Crippen molar-refractivity contribution in [3.8, 4) is 0 Å². The number of para-hydroxylation sites is 1. The van der Waals surface area contributed by atoms with Crippen LogP contribution in [-0.2, 0) is 0 Å². The highest BCUT2D eigenvalue weighted by Gasteiger charge is 2.13. The molecule has 0 unspecified atom stereocenters. The quantitative estimate of drug-likeness (QED) is 0.259. The number of hydrazine groups is 1. The maximum atomic E-state index is 12.1. The zero-order valence-electron chi connectivity index (χ0n) is 12.6. The number of amides is 1. The molecule has 2 rings (SSSR count). The van der Waals surface area contributed by atoms with Gasteiger partial charge in [0.15, 0.2) is 5.16 Å². The molecule has 24 heavy (non-hydrogen) atoms. The maximum absolute atomic E-state index is 12.1. The molecule has 0 aliphatic carbocycles. The molecule has 1 aromatic carbocycles. The van der Waals surface area contributed by atoms with E-state index in [4.69, 9.17) is 23.2 Å². The first-order valence-electron chi connectivity index (χ1n) is 6.80. The van der Waals surface area contributed by atoms with Gasteiger partial charge in [-0.05, 0) is 34.3 Å². The van der Waals surface area contributed by atoms with E-state index in [9.17, 15) is 4.79 Å². The highest BCUT2D eigenvalue weighted by molar-refractivity contribution is 9.10. The smallest absolute Gasteiger partial charge is 0.271 e. The highest BCUT2D eigenvalue weighted by Crippen LogP contribution is 2.28. The van der Waals surface area contributed by atoms with Gasteiger partial charge in [-0.1, -0.05) is 41.0 Å². The van der Waals surface area contributed by atoms with Gasteiger partial charge < -0.3 is 10.7 Å². The molecule has 0 bridgehead atoms. The van der Waals surface area contributed by atoms with Crippen LogP contribution in [0.15, 0.2) is 34.0 Å². The van der Waals surface area contributed by atoms with Gasteiger partial charge in [0.25, 0.3) is 5.91 Å². The summed E-state index contributed by atoms with van der Waals surface area (Å²) in [7, 11) is 0. The van der Waals surface area contributed by atoms with Crippen molar-refractivity contribution in [2.45, 2.75) is 5.16 Å². The van der Waals surface area contributed by atoms with E-state index < -0.39 is 0 Å². The number of benzene rings is 1. The van der Waals surface area contributed by atoms with E-state index in [1.807, 2.05) is 6.26 Å². The minimum Gasteiger partial charge on any atom is -0.349 e. The Bertz CT molecular complexity index is 714. The first kappa shape index (κ1) is 19.3. The van der Waals surface area contributed by atoms with Gasteiger partial charge >= 0.3 is 0 Å². The van der Waals surface area contributed by atoms with E-state index in [0.717, 1.165) is 0 Å². The molecule has 0 radical (unpaired) electrons. The minimum atomic E-state index is -0.280. The first-order chi connectivity index (χ1) is 11.5. The molecule has 0 aliphatic rings. The molecule has 0 spiro atoms. The molecule has 1 amide bonds. The summed E-state index contributed by atoms with van der Waals surface area (Å²) in [5.74, 6) is -0.280. The molecule has 1 aromatic heterocycles. The number of carbonyl (C=O) groups excluding carboxylic acids is 1. The Morgan fingerprint density at radius 3 is 2.67 bits per heavy atom. The molecule has 0 fully saturated rings. The number of halogens is 3. The Morgan fingerprint density at radius 1 is 1.29 bits per heavy atom. The second-order valence-electron chi connectivity index (χ2n) is 4.46. The third-order valence-corrected chi connectivity index (χ3v) is 4.60. The monoisotopic (exact) mass is 449 g/mol. The highest BCUT2D eigenvalue weighted by atomic mass is 79.9. The lowest BCUT2D eigenvalue weighted by atomic mass is 10.3. The van der Waals surface area contributed by atoms with Gasteiger partial charge in [0, 0.05) is 19.3 Å². The van der Waals surface area contributed by atoms with Crippen molar-refractivity contribution < 1.29 is 4.79 Å². The first-order valence-corrected chi connectivity index (χ1v) is 9.58. The number of nitrogens with zero attached hydrogens (tertiary/aromatic N) is 2. The number of aromatic nitrogens is 2. The summed E-state index contributed by atoms with van der Waals surface area (Å²) in [6.07, 6.45) is 3.41. The Balaban J connectivity index is 1.81. The molecule has 128 valence electrons. The second-order valence-corrected chi connectivity index (χ2v) is 6.90. The van der Waals surface area contributed by atoms with E-state index in [1.54, 1.807) is 24.4 Å². The van der Waals surface area contributed by atoms with Gasteiger partial charge in [-0.2, -0.15) is 0 Å². The summed E-state index contributed by atoms with van der Waals surface area (Å²) >= 11 is 16.7. The second kappa shape index (κ2) is 9.43. The fraction of sp³-hybridized carbons (Fsp3) is 0.214. The van der Waals surface area contributed by atoms with E-state index in [-0.39, 0.29) is 5.91 Å². The molecule has 0 atom stereocenters. The predicted octanol–water partition coefficient (Wildman–Crippen LogP) is 3.61. The van der Waals surface area contributed by atoms with Gasteiger partial charge in [0.05, 0.1) is 20.2 Å². The molecule has 0 aliphatic heterocycles. The molecule has 1 heterocycles. The molecular weight excluding hydrogens is 437 g/mol. The van der Waals surface area contributed by atoms with Crippen LogP contribution < -0.4 is 16.2 Å². The normalized spacial score (nSPS) is 10.5. The van der Waals surface area contributed by atoms with Crippen LogP contribution in [0.1, 0.15) is 10.5 Å². The van der Waals surface area contributed by atoms with Gasteiger partial charge in [-0.25, -0.2) is 15.4 Å². The molecule has 10 heteroatoms. The lowest BCUT2D eigenvalue weighted by Crippen LogP contribution is -2.35. The van der Waals surface area contributed by atoms with Crippen LogP contribution in [0.4, 0.5) is 5.69 Å². The zero-order valence-corrected chi connectivity index (χ0v) is 16.5. The molecule has 6 nitrogen and oxygen atoms in total. The van der Waals surface area contributed by atoms with Crippen LogP contribution in [0.5, 0.6) is 0 Å². The van der Waals surface area contributed by atoms with Crippen molar-refractivity contribution >= 4 is 62.5 Å². The number of hydrogen-bond acceptors (Lipinski definition) is 6. The van der Waals surface area contributed by atoms with Gasteiger partial charge in [0.2, 0.25) is 0 Å². The summed E-state index contributed by atoms with van der Waals surface area (Å²) in [5.41, 5.74) is 6.76. The van der Waals surface area contributed by atoms with Crippen molar-refractivity contribution in [3.63, 3.8) is 0 Å². The van der Waals surface area contributed by atoms with Crippen molar-refractivity contribution in [2.75, 3.05) is 24.8 Å². The van der Waals surface area contributed by atoms with E-state index in [0.29, 0.717) is 44.1 Å². The minimum absolute atomic E-state index is 0.280. The number of carbonyl (C=O) groups is 1. The van der Waals surface area contributed by atoms with Crippen LogP contribution in [0, 0.1) is 0 Å². The fourth-order valence-electron chi connectivity index (χ4n) is 1.70. The standard InChI is InChI=1S/C14H14BrCl2N5OS/c1-24-14-19-7-8(15)11(21-14)13(23)18-5-6-20-22-12-9(16)3-2-4-10(12)17/h2-4,7,20,22H,5-6H2,1H3,(H,18,23). The van der Waals surface area contributed by atoms with Gasteiger partial charge in [0.1, 0.15) is 5.69 Å². The third kappa shape index (κ3) is 5.22. The number of hydrogen-bond donors (Lipinski definition) is 3. The van der Waals surface area contributed by atoms with Crippen molar-refractivity contribution in [1.82, 2.24) is 20.7 Å². The average molecular weight is 451 g/mol. The lowest BCUT2D eigenvalue weighted by Gasteiger charge is -2.12. The van der Waals surface area contributed by atoms with Crippen LogP contribution in [0.3, 0.4) is 0 Å². The topological polar surface area (TPSA) is 78.9 Å². The summed E-state index contributed by atoms with van der Waals surface area (Å²) in [6, 6.07) is 5.23. The molecule has 3 N–H and O–H groups in total. The fourth-order valence-corrected chi connectivity index (χ4v) is 2.90. The van der Waals surface area contributed by atoms with Crippen molar-refractivity contribution in [1.29, 1.82) is 0 Å². The van der Waals surface area contributed by atoms with Crippen LogP contribution in [-0.4, -0.2) is 35.2 Å². The Hall–Kier alpha value is -1.06. The van der Waals surface area contributed by atoms with Crippen molar-refractivity contribution in [2.24, 2.45) is 0 Å². The summed E-state index contributed by atoms with van der Waals surface area (Å²) in [6.45, 7) is 0.852. The average Bonchev–Trinajstić information content (AvgIpc) is 2.57. The van der Waals surface area contributed by atoms with Crippen molar-refractivity contribution in [3.05, 3.63) is 44.6 Å². The Morgan fingerprint density at radius 2 is 2.00 bits per heavy atom. The lowest BCUT2D eigenvalue weighted by molar-refractivity contribution is 0.0947. The molecular formula is C14H14BrCl2N5OS. The number of anilines is 1. The van der Waals surface area contributed by atoms with E-state index in [1.165, 1.54) is 11.8 Å². The molecule has 0 saturated heterocycles. The maximum Gasteiger partial charge on any atom is 0.271 e. The van der Waals surface area contributed by atoms with Gasteiger partial charge in [-0.3, -0.25) is 4.79 Å². The summed E-state index contributed by atoms with van der Waals surface area (Å²) in [5, 5.41) is 4.32. The molecule has 2 aromatic rings. The largest absolute Gasteiger partial charge is 0.349 e.